The molecule has 5 heterocycles. The highest BCUT2D eigenvalue weighted by Crippen LogP contribution is 2.40. The van der Waals surface area contributed by atoms with Crippen LogP contribution in [-0.4, -0.2) is 195 Å². The summed E-state index contributed by atoms with van der Waals surface area (Å²) in [6, 6.07) is 21.2. The Bertz CT molecular complexity index is 3380. The molecule has 0 radical (unpaired) electrons. The van der Waals surface area contributed by atoms with E-state index in [9.17, 15) is 22.8 Å². The molecule has 5 aliphatic rings. The van der Waals surface area contributed by atoms with Gasteiger partial charge < -0.3 is 33.2 Å². The van der Waals surface area contributed by atoms with E-state index in [-0.39, 0.29) is 49.6 Å². The van der Waals surface area contributed by atoms with Gasteiger partial charge >= 0.3 is 5.97 Å². The molecule has 0 N–H and O–H groups in total. The molecule has 0 spiro atoms. The number of piperazine rings is 2. The van der Waals surface area contributed by atoms with E-state index in [1.807, 2.05) is 63.7 Å². The average Bonchev–Trinajstić information content (AvgIpc) is 3.49. The van der Waals surface area contributed by atoms with E-state index in [0.29, 0.717) is 101 Å². The Morgan fingerprint density at radius 2 is 1.40 bits per heavy atom. The number of fused-ring (bicyclic) bond motifs is 3. The van der Waals surface area contributed by atoms with Gasteiger partial charge in [0.25, 0.3) is 22.0 Å². The third kappa shape index (κ3) is 13.7. The molecule has 3 aliphatic heterocycles. The highest BCUT2D eigenvalue weighted by atomic mass is 32.2. The molecule has 2 saturated heterocycles. The molecule has 448 valence electrons. The third-order valence-corrected chi connectivity index (χ3v) is 18.2. The predicted molar refractivity (Wildman–Crippen MR) is 325 cm³/mol. The summed E-state index contributed by atoms with van der Waals surface area (Å²) < 4.78 is 63.6. The number of benzene rings is 3. The van der Waals surface area contributed by atoms with Crippen LogP contribution in [0.15, 0.2) is 115 Å². The van der Waals surface area contributed by atoms with Crippen LogP contribution in [0.3, 0.4) is 0 Å². The minimum Gasteiger partial charge on any atom is -0.487 e. The normalized spacial score (nSPS) is 18.8. The second-order valence-electron chi connectivity index (χ2n) is 23.1. The van der Waals surface area contributed by atoms with Crippen molar-refractivity contribution < 1.29 is 46.5 Å². The van der Waals surface area contributed by atoms with Crippen LogP contribution in [0.4, 0.5) is 5.69 Å². The molecule has 20 heteroatoms. The van der Waals surface area contributed by atoms with Gasteiger partial charge in [-0.05, 0) is 88.1 Å². The van der Waals surface area contributed by atoms with Crippen LogP contribution in [-0.2, 0) is 55.8 Å². The molecule has 19 nitrogen and oxygen atoms in total. The number of nitrogens with zero attached hydrogens (tertiary/aromatic N) is 9. The standard InChI is InChI=1S/C64H81N9O10S/c1-46-58(56(67(7)65-46)45-82-49-26-24-48(25-27-49)70-33-35-71(36-34-70)84(77,78)66(5)6)55-21-13-20-51-52(22-14-40-81-57-23-12-16-47-15-8-9-17-50(47)57)60(63(76)83-64(2,3)4)72(59(51)55)37-32-68-28-30-69(31-29-68)38-41-79-43-44-80-42-39-73-61(74)53-18-10-11-19-54(53)62(73)75/h8-13,15-21,23-27,50,57H,14,22,28-45H2,1-7H3. The number of para-hydroxylation sites is 1. The summed E-state index contributed by atoms with van der Waals surface area (Å²) in [7, 11) is 1.59. The maximum Gasteiger partial charge on any atom is 0.355 e. The molecule has 2 amide bonds. The molecule has 2 aromatic heterocycles. The lowest BCUT2D eigenvalue weighted by atomic mass is 9.86. The molecular formula is C64H81N9O10S. The Morgan fingerprint density at radius 3 is 2.08 bits per heavy atom. The first-order valence-corrected chi connectivity index (χ1v) is 30.8. The Balaban J connectivity index is 0.831. The first kappa shape index (κ1) is 60.4. The lowest BCUT2D eigenvalue weighted by molar-refractivity contribution is 0.00550. The smallest absolute Gasteiger partial charge is 0.355 e. The SMILES string of the molecule is Cc1nn(C)c(COc2ccc(N3CCN(S(=O)(=O)N(C)C)CC3)cc2)c1-c1cccc2c(CCCOC3C=CC=C4C=CC=CC43)c(C(=O)OC(C)(C)C)n(CCN3CCN(CCOCCOCCN4C(=O)c5ccccc5C4=O)CC3)c12. The minimum atomic E-state index is -3.47. The maximum atomic E-state index is 14.9. The number of carbonyl (C=O) groups excluding carboxylic acids is 3. The fourth-order valence-corrected chi connectivity index (χ4v) is 13.0. The van der Waals surface area contributed by atoms with Crippen LogP contribution in [0.25, 0.3) is 22.0 Å². The Morgan fingerprint density at radius 1 is 0.738 bits per heavy atom. The molecule has 2 unspecified atom stereocenters. The van der Waals surface area contributed by atoms with Crippen molar-refractivity contribution in [2.75, 3.05) is 124 Å². The number of anilines is 1. The van der Waals surface area contributed by atoms with Crippen LogP contribution < -0.4 is 9.64 Å². The number of amides is 2. The molecule has 3 aromatic carbocycles. The van der Waals surface area contributed by atoms with Crippen LogP contribution in [0.1, 0.15) is 75.3 Å². The second-order valence-corrected chi connectivity index (χ2v) is 25.3. The van der Waals surface area contributed by atoms with Crippen molar-refractivity contribution >= 4 is 44.6 Å². The van der Waals surface area contributed by atoms with Crippen LogP contribution >= 0.6 is 0 Å². The van der Waals surface area contributed by atoms with Crippen molar-refractivity contribution in [1.82, 2.24) is 37.7 Å². The zero-order chi connectivity index (χ0) is 59.1. The summed E-state index contributed by atoms with van der Waals surface area (Å²) in [4.78, 5) is 48.6. The highest BCUT2D eigenvalue weighted by molar-refractivity contribution is 7.86. The number of esters is 1. The van der Waals surface area contributed by atoms with Gasteiger partial charge in [-0.25, -0.2) is 4.79 Å². The lowest BCUT2D eigenvalue weighted by Crippen LogP contribution is -2.51. The molecule has 0 bridgehead atoms. The van der Waals surface area contributed by atoms with Gasteiger partial charge in [-0.1, -0.05) is 72.9 Å². The van der Waals surface area contributed by atoms with Crippen molar-refractivity contribution in [2.24, 2.45) is 13.0 Å². The summed E-state index contributed by atoms with van der Waals surface area (Å²) in [5.41, 5.74) is 8.42. The number of aromatic nitrogens is 3. The highest BCUT2D eigenvalue weighted by Gasteiger charge is 2.36. The van der Waals surface area contributed by atoms with Gasteiger partial charge in [-0.3, -0.25) is 29.0 Å². The van der Waals surface area contributed by atoms with Gasteiger partial charge in [0, 0.05) is 128 Å². The van der Waals surface area contributed by atoms with E-state index in [2.05, 4.69) is 80.0 Å². The van der Waals surface area contributed by atoms with Gasteiger partial charge in [0.2, 0.25) is 0 Å². The van der Waals surface area contributed by atoms with E-state index in [1.165, 1.54) is 19.1 Å². The van der Waals surface area contributed by atoms with Gasteiger partial charge in [0.05, 0.1) is 67.1 Å². The van der Waals surface area contributed by atoms with E-state index in [4.69, 9.17) is 28.8 Å². The minimum absolute atomic E-state index is 0.0824. The maximum absolute atomic E-state index is 14.9. The lowest BCUT2D eigenvalue weighted by Gasteiger charge is -2.36. The van der Waals surface area contributed by atoms with Crippen molar-refractivity contribution in [2.45, 2.75) is 65.4 Å². The monoisotopic (exact) mass is 1170 g/mol. The fraction of sp³-hybridized carbons (Fsp3) is 0.469. The molecule has 10 rings (SSSR count). The summed E-state index contributed by atoms with van der Waals surface area (Å²) in [5.74, 6) is -0.0762. The molecule has 84 heavy (non-hydrogen) atoms. The first-order valence-electron chi connectivity index (χ1n) is 29.4. The number of hydrogen-bond acceptors (Lipinski definition) is 14. The van der Waals surface area contributed by atoms with Gasteiger partial charge in [-0.15, -0.1) is 0 Å². The van der Waals surface area contributed by atoms with Crippen LogP contribution in [0, 0.1) is 12.8 Å². The average molecular weight is 1170 g/mol. The zero-order valence-corrected chi connectivity index (χ0v) is 50.5. The first-order chi connectivity index (χ1) is 40.5. The summed E-state index contributed by atoms with van der Waals surface area (Å²) in [6.45, 7) is 17.7. The molecular weight excluding hydrogens is 1090 g/mol. The quantitative estimate of drug-likeness (QED) is 0.0323. The summed E-state index contributed by atoms with van der Waals surface area (Å²) in [5, 5.41) is 5.97. The number of ether oxygens (including phenoxy) is 5. The van der Waals surface area contributed by atoms with E-state index >= 15 is 0 Å². The topological polar surface area (TPSA) is 174 Å². The summed E-state index contributed by atoms with van der Waals surface area (Å²) in [6.07, 6.45) is 16.0. The van der Waals surface area contributed by atoms with E-state index in [1.54, 1.807) is 38.4 Å². The number of aryl methyl sites for hydroxylation is 3. The van der Waals surface area contributed by atoms with Gasteiger partial charge in [0.1, 0.15) is 23.7 Å². The molecule has 0 saturated carbocycles. The number of rotatable bonds is 25. The fourth-order valence-electron chi connectivity index (χ4n) is 11.9. The van der Waals surface area contributed by atoms with Gasteiger partial charge in [-0.2, -0.15) is 22.1 Å². The largest absolute Gasteiger partial charge is 0.487 e. The molecule has 2 atom stereocenters. The molecule has 2 aliphatic carbocycles. The molecule has 2 fully saturated rings. The Kier molecular flexibility index (Phi) is 19.2. The zero-order valence-electron chi connectivity index (χ0n) is 49.7. The van der Waals surface area contributed by atoms with Crippen molar-refractivity contribution in [1.29, 1.82) is 0 Å². The second kappa shape index (κ2) is 26.7. The van der Waals surface area contributed by atoms with Gasteiger partial charge in [0.15, 0.2) is 0 Å². The predicted octanol–water partition coefficient (Wildman–Crippen LogP) is 7.32. The summed E-state index contributed by atoms with van der Waals surface area (Å²) >= 11 is 0. The van der Waals surface area contributed by atoms with Crippen LogP contribution in [0.2, 0.25) is 0 Å². The number of carbonyl (C=O) groups is 3. The van der Waals surface area contributed by atoms with Crippen molar-refractivity contribution in [3.63, 3.8) is 0 Å². The third-order valence-electron chi connectivity index (χ3n) is 16.3. The number of hydrogen-bond donors (Lipinski definition) is 0. The van der Waals surface area contributed by atoms with E-state index < -0.39 is 15.8 Å². The number of imide groups is 1. The van der Waals surface area contributed by atoms with Crippen molar-refractivity contribution in [3.05, 3.63) is 149 Å². The number of allylic oxidation sites excluding steroid dienone is 5. The Hall–Kier alpha value is -6.75. The van der Waals surface area contributed by atoms with Crippen LogP contribution in [0.5, 0.6) is 5.75 Å². The molecule has 5 aromatic rings. The van der Waals surface area contributed by atoms with E-state index in [0.717, 1.165) is 77.4 Å². The Labute approximate surface area is 494 Å². The van der Waals surface area contributed by atoms with Crippen molar-refractivity contribution in [3.8, 4) is 16.9 Å².